The van der Waals surface area contributed by atoms with Crippen molar-refractivity contribution in [1.82, 2.24) is 5.32 Å². The molecule has 0 spiro atoms. The molecule has 1 N–H and O–H groups in total. The molecular formula is C17H21NO2. The van der Waals surface area contributed by atoms with Crippen molar-refractivity contribution in [2.24, 2.45) is 0 Å². The topological polar surface area (TPSA) is 30.5 Å². The molecule has 0 fully saturated rings. The molecular weight excluding hydrogens is 250 g/mol. The molecule has 2 rings (SSSR count). The van der Waals surface area contributed by atoms with Crippen LogP contribution in [0.3, 0.4) is 0 Å². The van der Waals surface area contributed by atoms with Crippen molar-refractivity contribution in [2.45, 2.75) is 19.1 Å². The van der Waals surface area contributed by atoms with Crippen molar-refractivity contribution in [3.8, 4) is 11.5 Å². The van der Waals surface area contributed by atoms with Crippen LogP contribution in [0.1, 0.15) is 18.5 Å². The standard InChI is InChI=1S/C17H21NO2/c1-13(17(18-2)14-9-5-4-6-10-14)20-16-12-8-7-11-15(16)19-3/h4-13,17-18H,1-3H3. The highest BCUT2D eigenvalue weighted by Crippen LogP contribution is 2.29. The number of ether oxygens (including phenoxy) is 2. The van der Waals surface area contributed by atoms with E-state index in [4.69, 9.17) is 9.47 Å². The van der Waals surface area contributed by atoms with Gasteiger partial charge >= 0.3 is 0 Å². The van der Waals surface area contributed by atoms with Gasteiger partial charge in [0, 0.05) is 0 Å². The third-order valence-electron chi connectivity index (χ3n) is 3.32. The predicted octanol–water partition coefficient (Wildman–Crippen LogP) is 3.42. The van der Waals surface area contributed by atoms with Gasteiger partial charge < -0.3 is 14.8 Å². The normalized spacial score (nSPS) is 13.6. The van der Waals surface area contributed by atoms with Crippen LogP contribution in [0.4, 0.5) is 0 Å². The summed E-state index contributed by atoms with van der Waals surface area (Å²) in [6, 6.07) is 18.1. The lowest BCUT2D eigenvalue weighted by atomic mass is 10.0. The van der Waals surface area contributed by atoms with E-state index in [1.807, 2.05) is 49.5 Å². The summed E-state index contributed by atoms with van der Waals surface area (Å²) >= 11 is 0. The first kappa shape index (κ1) is 14.4. The Balaban J connectivity index is 2.15. The maximum absolute atomic E-state index is 6.06. The van der Waals surface area contributed by atoms with E-state index in [1.54, 1.807) is 7.11 Å². The van der Waals surface area contributed by atoms with Crippen molar-refractivity contribution >= 4 is 0 Å². The van der Waals surface area contributed by atoms with Crippen molar-refractivity contribution in [2.75, 3.05) is 14.2 Å². The molecule has 2 aromatic carbocycles. The summed E-state index contributed by atoms with van der Waals surface area (Å²) in [4.78, 5) is 0. The molecule has 2 aromatic rings. The van der Waals surface area contributed by atoms with E-state index >= 15 is 0 Å². The molecule has 3 nitrogen and oxygen atoms in total. The lowest BCUT2D eigenvalue weighted by Gasteiger charge is -2.25. The van der Waals surface area contributed by atoms with Gasteiger partial charge in [0.25, 0.3) is 0 Å². The first-order valence-electron chi connectivity index (χ1n) is 6.78. The van der Waals surface area contributed by atoms with Crippen LogP contribution < -0.4 is 14.8 Å². The average Bonchev–Trinajstić information content (AvgIpc) is 2.49. The van der Waals surface area contributed by atoms with Gasteiger partial charge in [0.1, 0.15) is 6.10 Å². The molecule has 2 unspecified atom stereocenters. The fourth-order valence-electron chi connectivity index (χ4n) is 2.32. The SMILES string of the molecule is CNC(c1ccccc1)C(C)Oc1ccccc1OC. The zero-order valence-electron chi connectivity index (χ0n) is 12.2. The number of methoxy groups -OCH3 is 1. The minimum Gasteiger partial charge on any atom is -0.493 e. The van der Waals surface area contributed by atoms with Gasteiger partial charge in [0.05, 0.1) is 13.2 Å². The fraction of sp³-hybridized carbons (Fsp3) is 0.294. The molecule has 0 aromatic heterocycles. The zero-order valence-corrected chi connectivity index (χ0v) is 12.2. The Labute approximate surface area is 120 Å². The summed E-state index contributed by atoms with van der Waals surface area (Å²) < 4.78 is 11.4. The smallest absolute Gasteiger partial charge is 0.161 e. The number of hydrogen-bond donors (Lipinski definition) is 1. The molecule has 3 heteroatoms. The van der Waals surface area contributed by atoms with Gasteiger partial charge in [-0.1, -0.05) is 42.5 Å². The molecule has 0 radical (unpaired) electrons. The summed E-state index contributed by atoms with van der Waals surface area (Å²) in [5, 5.41) is 3.31. The van der Waals surface area contributed by atoms with Crippen LogP contribution >= 0.6 is 0 Å². The third-order valence-corrected chi connectivity index (χ3v) is 3.32. The number of para-hydroxylation sites is 2. The predicted molar refractivity (Wildman–Crippen MR) is 81.3 cm³/mol. The number of nitrogens with one attached hydrogen (secondary N) is 1. The summed E-state index contributed by atoms with van der Waals surface area (Å²) in [6.45, 7) is 2.06. The van der Waals surface area contributed by atoms with E-state index in [0.29, 0.717) is 0 Å². The fourth-order valence-corrected chi connectivity index (χ4v) is 2.32. The Hall–Kier alpha value is -2.00. The molecule has 0 saturated carbocycles. The van der Waals surface area contributed by atoms with Crippen LogP contribution in [0, 0.1) is 0 Å². The maximum atomic E-state index is 6.06. The number of rotatable bonds is 6. The van der Waals surface area contributed by atoms with Gasteiger partial charge in [0.2, 0.25) is 0 Å². The molecule has 0 heterocycles. The number of benzene rings is 2. The summed E-state index contributed by atoms with van der Waals surface area (Å²) in [6.07, 6.45) is -0.0151. The first-order chi connectivity index (χ1) is 9.76. The van der Waals surface area contributed by atoms with Crippen LogP contribution in [-0.4, -0.2) is 20.3 Å². The Bertz CT molecular complexity index is 528. The number of likely N-dealkylation sites (N-methyl/N-ethyl adjacent to an activating group) is 1. The average molecular weight is 271 g/mol. The molecule has 0 aliphatic carbocycles. The van der Waals surface area contributed by atoms with E-state index in [2.05, 4.69) is 24.4 Å². The molecule has 0 aliphatic rings. The van der Waals surface area contributed by atoms with E-state index in [9.17, 15) is 0 Å². The van der Waals surface area contributed by atoms with Gasteiger partial charge in [0.15, 0.2) is 11.5 Å². The maximum Gasteiger partial charge on any atom is 0.161 e. The Morgan fingerprint density at radius 2 is 1.50 bits per heavy atom. The summed E-state index contributed by atoms with van der Waals surface area (Å²) in [5.41, 5.74) is 1.21. The van der Waals surface area contributed by atoms with Crippen molar-refractivity contribution in [3.05, 3.63) is 60.2 Å². The highest BCUT2D eigenvalue weighted by Gasteiger charge is 2.20. The van der Waals surface area contributed by atoms with Crippen LogP contribution in [0.25, 0.3) is 0 Å². The Morgan fingerprint density at radius 1 is 0.900 bits per heavy atom. The highest BCUT2D eigenvalue weighted by atomic mass is 16.5. The lowest BCUT2D eigenvalue weighted by Crippen LogP contribution is -2.31. The third kappa shape index (κ3) is 3.31. The van der Waals surface area contributed by atoms with E-state index in [0.717, 1.165) is 11.5 Å². The number of hydrogen-bond acceptors (Lipinski definition) is 3. The Kier molecular flexibility index (Phi) is 5.02. The highest BCUT2D eigenvalue weighted by molar-refractivity contribution is 5.39. The summed E-state index contributed by atoms with van der Waals surface area (Å²) in [5.74, 6) is 1.51. The second-order valence-electron chi connectivity index (χ2n) is 4.65. The van der Waals surface area contributed by atoms with Crippen molar-refractivity contribution in [3.63, 3.8) is 0 Å². The van der Waals surface area contributed by atoms with Crippen LogP contribution in [-0.2, 0) is 0 Å². The van der Waals surface area contributed by atoms with E-state index < -0.39 is 0 Å². The molecule has 0 aliphatic heterocycles. The zero-order chi connectivity index (χ0) is 14.4. The molecule has 0 amide bonds. The van der Waals surface area contributed by atoms with Gasteiger partial charge in [-0.15, -0.1) is 0 Å². The minimum atomic E-state index is -0.0151. The Morgan fingerprint density at radius 3 is 2.10 bits per heavy atom. The van der Waals surface area contributed by atoms with Crippen LogP contribution in [0.5, 0.6) is 11.5 Å². The van der Waals surface area contributed by atoms with Crippen LogP contribution in [0.2, 0.25) is 0 Å². The molecule has 0 bridgehead atoms. The van der Waals surface area contributed by atoms with Gasteiger partial charge in [-0.3, -0.25) is 0 Å². The van der Waals surface area contributed by atoms with E-state index in [1.165, 1.54) is 5.56 Å². The van der Waals surface area contributed by atoms with Gasteiger partial charge in [-0.25, -0.2) is 0 Å². The second kappa shape index (κ2) is 6.96. The largest absolute Gasteiger partial charge is 0.493 e. The quantitative estimate of drug-likeness (QED) is 0.873. The first-order valence-corrected chi connectivity index (χ1v) is 6.78. The molecule has 106 valence electrons. The lowest BCUT2D eigenvalue weighted by molar-refractivity contribution is 0.169. The van der Waals surface area contributed by atoms with Crippen molar-refractivity contribution < 1.29 is 9.47 Å². The molecule has 0 saturated heterocycles. The monoisotopic (exact) mass is 271 g/mol. The van der Waals surface area contributed by atoms with E-state index in [-0.39, 0.29) is 12.1 Å². The molecule has 2 atom stereocenters. The van der Waals surface area contributed by atoms with Crippen LogP contribution in [0.15, 0.2) is 54.6 Å². The minimum absolute atomic E-state index is 0.0151. The summed E-state index contributed by atoms with van der Waals surface area (Å²) in [7, 11) is 3.60. The second-order valence-corrected chi connectivity index (χ2v) is 4.65. The van der Waals surface area contributed by atoms with Gasteiger partial charge in [-0.2, -0.15) is 0 Å². The van der Waals surface area contributed by atoms with Gasteiger partial charge in [-0.05, 0) is 31.7 Å². The van der Waals surface area contributed by atoms with Crippen molar-refractivity contribution in [1.29, 1.82) is 0 Å². The molecule has 20 heavy (non-hydrogen) atoms.